The molecule has 2 aromatic heterocycles. The largest absolute Gasteiger partial charge is 0.391 e. The van der Waals surface area contributed by atoms with Gasteiger partial charge < -0.3 is 10.0 Å². The highest BCUT2D eigenvalue weighted by atomic mass is 32.1. The summed E-state index contributed by atoms with van der Waals surface area (Å²) in [6.45, 7) is 7.14. The minimum Gasteiger partial charge on any atom is -0.391 e. The van der Waals surface area contributed by atoms with E-state index in [0.29, 0.717) is 5.92 Å². The van der Waals surface area contributed by atoms with Crippen LogP contribution in [0.25, 0.3) is 0 Å². The molecular formula is C14H21N3OS2. The second-order valence-corrected chi connectivity index (χ2v) is 7.11. The van der Waals surface area contributed by atoms with E-state index in [0.717, 1.165) is 39.4 Å². The number of rotatable bonds is 6. The van der Waals surface area contributed by atoms with Gasteiger partial charge in [0.25, 0.3) is 0 Å². The molecule has 2 heterocycles. The van der Waals surface area contributed by atoms with Crippen LogP contribution in [0.5, 0.6) is 0 Å². The second-order valence-electron chi connectivity index (χ2n) is 4.99. The Bertz CT molecular complexity index is 565. The fourth-order valence-corrected chi connectivity index (χ4v) is 3.60. The van der Waals surface area contributed by atoms with Crippen LogP contribution in [0.3, 0.4) is 0 Å². The van der Waals surface area contributed by atoms with Gasteiger partial charge in [-0.15, -0.1) is 11.3 Å². The number of aliphatic hydroxyl groups excluding tert-OH is 1. The van der Waals surface area contributed by atoms with Crippen LogP contribution in [-0.2, 0) is 13.2 Å². The van der Waals surface area contributed by atoms with Crippen LogP contribution in [0.15, 0.2) is 5.38 Å². The summed E-state index contributed by atoms with van der Waals surface area (Å²) < 4.78 is 0. The first-order valence-electron chi connectivity index (χ1n) is 6.77. The van der Waals surface area contributed by atoms with E-state index in [1.54, 1.807) is 22.7 Å². The number of anilines is 1. The Labute approximate surface area is 128 Å². The average Bonchev–Trinajstić information content (AvgIpc) is 3.04. The lowest BCUT2D eigenvalue weighted by atomic mass is 10.0. The minimum atomic E-state index is 0.0704. The van der Waals surface area contributed by atoms with Crippen LogP contribution in [0.4, 0.5) is 5.13 Å². The summed E-state index contributed by atoms with van der Waals surface area (Å²) >= 11 is 3.25. The van der Waals surface area contributed by atoms with Crippen molar-refractivity contribution in [2.75, 3.05) is 11.9 Å². The Balaban J connectivity index is 2.17. The molecular weight excluding hydrogens is 290 g/mol. The van der Waals surface area contributed by atoms with Crippen LogP contribution >= 0.6 is 22.7 Å². The fraction of sp³-hybridized carbons (Fsp3) is 0.571. The van der Waals surface area contributed by atoms with E-state index in [4.69, 9.17) is 4.98 Å². The Morgan fingerprint density at radius 3 is 2.70 bits per heavy atom. The SMILES string of the molecule is CCC(C)c1nc(N(C)Cc2csc(C)n2)sc1CO. The van der Waals surface area contributed by atoms with Crippen molar-refractivity contribution < 1.29 is 5.11 Å². The average molecular weight is 311 g/mol. The number of hydrogen-bond acceptors (Lipinski definition) is 6. The maximum atomic E-state index is 9.49. The zero-order chi connectivity index (χ0) is 14.7. The molecule has 0 saturated carbocycles. The molecule has 0 aliphatic carbocycles. The summed E-state index contributed by atoms with van der Waals surface area (Å²) in [7, 11) is 2.02. The predicted molar refractivity (Wildman–Crippen MR) is 85.7 cm³/mol. The Kier molecular flexibility index (Phi) is 5.12. The van der Waals surface area contributed by atoms with Crippen LogP contribution in [-0.4, -0.2) is 22.1 Å². The highest BCUT2D eigenvalue weighted by Gasteiger charge is 2.18. The molecule has 0 aromatic carbocycles. The van der Waals surface area contributed by atoms with Gasteiger partial charge in [-0.3, -0.25) is 0 Å². The second kappa shape index (κ2) is 6.65. The molecule has 2 aromatic rings. The van der Waals surface area contributed by atoms with Gasteiger partial charge in [-0.05, 0) is 19.3 Å². The molecule has 0 amide bonds. The van der Waals surface area contributed by atoms with E-state index < -0.39 is 0 Å². The summed E-state index contributed by atoms with van der Waals surface area (Å²) in [4.78, 5) is 12.3. The maximum absolute atomic E-state index is 9.49. The van der Waals surface area contributed by atoms with E-state index in [1.807, 2.05) is 14.0 Å². The summed E-state index contributed by atoms with van der Waals surface area (Å²) in [5.41, 5.74) is 2.11. The molecule has 6 heteroatoms. The Morgan fingerprint density at radius 2 is 2.15 bits per heavy atom. The van der Waals surface area contributed by atoms with Gasteiger partial charge in [0.15, 0.2) is 5.13 Å². The summed E-state index contributed by atoms with van der Waals surface area (Å²) in [6, 6.07) is 0. The highest BCUT2D eigenvalue weighted by Crippen LogP contribution is 2.32. The van der Waals surface area contributed by atoms with Crippen molar-refractivity contribution in [1.29, 1.82) is 0 Å². The van der Waals surface area contributed by atoms with Crippen molar-refractivity contribution >= 4 is 27.8 Å². The van der Waals surface area contributed by atoms with Gasteiger partial charge in [-0.1, -0.05) is 25.2 Å². The van der Waals surface area contributed by atoms with E-state index in [-0.39, 0.29) is 6.61 Å². The van der Waals surface area contributed by atoms with Crippen molar-refractivity contribution in [2.24, 2.45) is 0 Å². The normalized spacial score (nSPS) is 12.7. The molecule has 0 aliphatic heterocycles. The summed E-state index contributed by atoms with van der Waals surface area (Å²) in [5.74, 6) is 0.386. The molecule has 20 heavy (non-hydrogen) atoms. The number of nitrogens with zero attached hydrogens (tertiary/aromatic N) is 3. The Morgan fingerprint density at radius 1 is 1.40 bits per heavy atom. The summed E-state index contributed by atoms with van der Waals surface area (Å²) in [5, 5.41) is 13.6. The third-order valence-electron chi connectivity index (χ3n) is 3.33. The van der Waals surface area contributed by atoms with Gasteiger partial charge in [-0.25, -0.2) is 9.97 Å². The lowest BCUT2D eigenvalue weighted by Crippen LogP contribution is -2.16. The molecule has 0 spiro atoms. The monoisotopic (exact) mass is 311 g/mol. The van der Waals surface area contributed by atoms with E-state index in [2.05, 4.69) is 29.1 Å². The molecule has 0 saturated heterocycles. The van der Waals surface area contributed by atoms with Gasteiger partial charge in [-0.2, -0.15) is 0 Å². The smallest absolute Gasteiger partial charge is 0.185 e. The molecule has 0 bridgehead atoms. The number of thiazole rings is 2. The van der Waals surface area contributed by atoms with Crippen molar-refractivity contribution in [3.05, 3.63) is 26.7 Å². The lowest BCUT2D eigenvalue weighted by Gasteiger charge is -2.14. The van der Waals surface area contributed by atoms with Crippen molar-refractivity contribution in [2.45, 2.75) is 46.3 Å². The first-order valence-corrected chi connectivity index (χ1v) is 8.47. The third kappa shape index (κ3) is 3.37. The molecule has 0 aliphatic rings. The van der Waals surface area contributed by atoms with Gasteiger partial charge >= 0.3 is 0 Å². The standard InChI is InChI=1S/C14H21N3OS2/c1-5-9(2)13-12(7-18)20-14(16-13)17(4)6-11-8-19-10(3)15-11/h8-9,18H,5-7H2,1-4H3. The fourth-order valence-electron chi connectivity index (χ4n) is 2.00. The Hall–Kier alpha value is -0.980. The number of aliphatic hydroxyl groups is 1. The van der Waals surface area contributed by atoms with Crippen molar-refractivity contribution in [3.8, 4) is 0 Å². The van der Waals surface area contributed by atoms with E-state index in [9.17, 15) is 5.11 Å². The van der Waals surface area contributed by atoms with Gasteiger partial charge in [0.2, 0.25) is 0 Å². The zero-order valence-electron chi connectivity index (χ0n) is 12.4. The van der Waals surface area contributed by atoms with Crippen molar-refractivity contribution in [3.63, 3.8) is 0 Å². The van der Waals surface area contributed by atoms with Crippen molar-refractivity contribution in [1.82, 2.24) is 9.97 Å². The topological polar surface area (TPSA) is 49.2 Å². The number of hydrogen-bond donors (Lipinski definition) is 1. The minimum absolute atomic E-state index is 0.0704. The predicted octanol–water partition coefficient (Wildman–Crippen LogP) is 3.55. The molecule has 2 rings (SSSR count). The molecule has 0 fully saturated rings. The molecule has 1 atom stereocenters. The van der Waals surface area contributed by atoms with E-state index >= 15 is 0 Å². The third-order valence-corrected chi connectivity index (χ3v) is 5.32. The number of aryl methyl sites for hydroxylation is 1. The summed E-state index contributed by atoms with van der Waals surface area (Å²) in [6.07, 6.45) is 1.03. The first-order chi connectivity index (χ1) is 9.55. The first kappa shape index (κ1) is 15.4. The van der Waals surface area contributed by atoms with E-state index in [1.165, 1.54) is 0 Å². The highest BCUT2D eigenvalue weighted by molar-refractivity contribution is 7.15. The molecule has 110 valence electrons. The zero-order valence-corrected chi connectivity index (χ0v) is 14.0. The lowest BCUT2D eigenvalue weighted by molar-refractivity contribution is 0.283. The molecule has 0 radical (unpaired) electrons. The van der Waals surface area contributed by atoms with Crippen LogP contribution < -0.4 is 4.90 Å². The quantitative estimate of drug-likeness (QED) is 0.886. The maximum Gasteiger partial charge on any atom is 0.185 e. The van der Waals surface area contributed by atoms with Crippen LogP contribution in [0, 0.1) is 6.92 Å². The van der Waals surface area contributed by atoms with Crippen LogP contribution in [0.2, 0.25) is 0 Å². The molecule has 1 unspecified atom stereocenters. The van der Waals surface area contributed by atoms with Gasteiger partial charge in [0.05, 0.1) is 34.4 Å². The van der Waals surface area contributed by atoms with Crippen LogP contribution in [0.1, 0.15) is 47.5 Å². The van der Waals surface area contributed by atoms with Gasteiger partial charge in [0, 0.05) is 12.4 Å². The van der Waals surface area contributed by atoms with Gasteiger partial charge in [0.1, 0.15) is 0 Å². The number of aromatic nitrogens is 2. The molecule has 1 N–H and O–H groups in total. The molecule has 4 nitrogen and oxygen atoms in total.